The van der Waals surface area contributed by atoms with E-state index in [0.29, 0.717) is 44.3 Å². The van der Waals surface area contributed by atoms with Crippen molar-refractivity contribution in [3.8, 4) is 0 Å². The summed E-state index contributed by atoms with van der Waals surface area (Å²) in [5.74, 6) is 0.769. The number of allylic oxidation sites excluding steroid dienone is 1. The van der Waals surface area contributed by atoms with E-state index in [2.05, 4.69) is 51.7 Å². The molecule has 3 aliphatic rings. The molecule has 3 fully saturated rings. The van der Waals surface area contributed by atoms with Gasteiger partial charge >= 0.3 is 5.97 Å². The number of ether oxygens (including phenoxy) is 1. The fourth-order valence-electron chi connectivity index (χ4n) is 9.48. The van der Waals surface area contributed by atoms with Gasteiger partial charge in [-0.25, -0.2) is 0 Å². The van der Waals surface area contributed by atoms with Crippen molar-refractivity contribution < 1.29 is 19.4 Å². The molecule has 280 valence electrons. The van der Waals surface area contributed by atoms with E-state index in [0.717, 1.165) is 53.7 Å². The molecule has 0 aromatic heterocycles. The summed E-state index contributed by atoms with van der Waals surface area (Å²) in [7, 11) is 3.44. The van der Waals surface area contributed by atoms with Crippen LogP contribution < -0.4 is 16.8 Å². The van der Waals surface area contributed by atoms with Crippen molar-refractivity contribution in [3.05, 3.63) is 77.4 Å². The van der Waals surface area contributed by atoms with E-state index in [4.69, 9.17) is 16.2 Å². The Balaban J connectivity index is 1.36. The van der Waals surface area contributed by atoms with E-state index in [1.165, 1.54) is 22.2 Å². The molecular weight excluding hydrogens is 657 g/mol. The highest BCUT2D eigenvalue weighted by Gasteiger charge is 2.60. The number of likely N-dealkylation sites (N-methyl/N-ethyl adjacent to an activating group) is 1. The second-order valence-corrected chi connectivity index (χ2v) is 18.0. The number of nitrogens with zero attached hydrogens (tertiary/aromatic N) is 1. The Labute approximate surface area is 310 Å². The number of nitrogens with one attached hydrogen (secondary N) is 1. The highest BCUT2D eigenvalue weighted by molar-refractivity contribution is 8.00. The van der Waals surface area contributed by atoms with E-state index in [1.54, 1.807) is 14.1 Å². The maximum Gasteiger partial charge on any atom is 0.316 e. The Morgan fingerprint density at radius 2 is 1.71 bits per heavy atom. The lowest BCUT2D eigenvalue weighted by Crippen LogP contribution is -2.58. The van der Waals surface area contributed by atoms with E-state index in [9.17, 15) is 14.7 Å². The predicted molar refractivity (Wildman–Crippen MR) is 207 cm³/mol. The molecule has 0 saturated heterocycles. The predicted octanol–water partition coefficient (Wildman–Crippen LogP) is 6.08. The first-order valence-electron chi connectivity index (χ1n) is 18.8. The Morgan fingerprint density at radius 1 is 1.06 bits per heavy atom. The summed E-state index contributed by atoms with van der Waals surface area (Å²) >= 11 is 1.49. The lowest BCUT2D eigenvalue weighted by molar-refractivity contribution is -0.178. The molecule has 3 aliphatic carbocycles. The number of carbonyl (C=O) groups is 2. The minimum Gasteiger partial charge on any atom is -0.461 e. The van der Waals surface area contributed by atoms with Crippen LogP contribution in [0.15, 0.2) is 65.6 Å². The number of benzene rings is 2. The molecule has 2 aromatic rings. The van der Waals surface area contributed by atoms with Gasteiger partial charge in [0.2, 0.25) is 5.91 Å². The zero-order chi connectivity index (χ0) is 37.1. The van der Waals surface area contributed by atoms with Gasteiger partial charge in [-0.15, -0.1) is 11.8 Å². The highest BCUT2D eigenvalue weighted by atomic mass is 32.2. The molecule has 9 atom stereocenters. The molecule has 0 radical (unpaired) electrons. The van der Waals surface area contributed by atoms with Crippen molar-refractivity contribution in [1.29, 1.82) is 0 Å². The number of carbonyl (C=O) groups excluding carboxylic acids is 2. The van der Waals surface area contributed by atoms with Gasteiger partial charge < -0.3 is 31.5 Å². The third kappa shape index (κ3) is 8.76. The van der Waals surface area contributed by atoms with Gasteiger partial charge in [0.15, 0.2) is 0 Å². The van der Waals surface area contributed by atoms with Crippen molar-refractivity contribution in [2.75, 3.05) is 26.4 Å². The Morgan fingerprint density at radius 3 is 2.35 bits per heavy atom. The molecular formula is C42H62N4O4S. The second kappa shape index (κ2) is 16.1. The topological polar surface area (TPSA) is 131 Å². The van der Waals surface area contributed by atoms with Gasteiger partial charge in [0.25, 0.3) is 0 Å². The summed E-state index contributed by atoms with van der Waals surface area (Å²) in [4.78, 5) is 28.5. The van der Waals surface area contributed by atoms with Gasteiger partial charge in [-0.3, -0.25) is 9.59 Å². The zero-order valence-corrected chi connectivity index (χ0v) is 32.6. The third-order valence-corrected chi connectivity index (χ3v) is 14.1. The monoisotopic (exact) mass is 718 g/mol. The number of thioether (sulfide) groups is 1. The number of rotatable bonds is 12. The van der Waals surface area contributed by atoms with Crippen molar-refractivity contribution in [1.82, 2.24) is 10.2 Å². The zero-order valence-electron chi connectivity index (χ0n) is 31.8. The van der Waals surface area contributed by atoms with Gasteiger partial charge in [-0.05, 0) is 96.9 Å². The molecule has 1 amide bonds. The number of nitrogens with two attached hydrogens (primary N) is 2. The first kappa shape index (κ1) is 39.5. The summed E-state index contributed by atoms with van der Waals surface area (Å²) in [6.07, 6.45) is 5.16. The van der Waals surface area contributed by atoms with Crippen molar-refractivity contribution >= 4 is 23.6 Å². The molecule has 1 spiro atoms. The molecule has 8 nitrogen and oxygen atoms in total. The Bertz CT molecular complexity index is 1530. The largest absolute Gasteiger partial charge is 0.461 e. The molecule has 3 bridgehead atoms. The number of amides is 1. The second-order valence-electron chi connectivity index (χ2n) is 16.9. The summed E-state index contributed by atoms with van der Waals surface area (Å²) < 4.78 is 6.62. The van der Waals surface area contributed by atoms with Crippen LogP contribution in [-0.4, -0.2) is 66.5 Å². The molecule has 6 N–H and O–H groups in total. The summed E-state index contributed by atoms with van der Waals surface area (Å²) in [6.45, 7) is 15.4. The van der Waals surface area contributed by atoms with Crippen LogP contribution in [0.2, 0.25) is 0 Å². The SMILES string of the molecule is C=C1CC[C@]23C[C@@H]1C[C@@H](C)[C@](C)(C2)[C@H](OC(=O)CSc1ccc(CN)cc1)C[C@](C)(CNCc1ccc(CC(N)C(=O)N(C)C)cc1)[C@@H](O)[C@@H]3C. The van der Waals surface area contributed by atoms with E-state index in [-0.39, 0.29) is 40.5 Å². The van der Waals surface area contributed by atoms with Crippen LogP contribution >= 0.6 is 11.8 Å². The highest BCUT2D eigenvalue weighted by Crippen LogP contribution is 2.64. The molecule has 51 heavy (non-hydrogen) atoms. The van der Waals surface area contributed by atoms with Crippen LogP contribution in [0, 0.1) is 34.0 Å². The van der Waals surface area contributed by atoms with Gasteiger partial charge in [-0.2, -0.15) is 0 Å². The van der Waals surface area contributed by atoms with Crippen LogP contribution in [0.1, 0.15) is 82.9 Å². The molecule has 2 aromatic carbocycles. The van der Waals surface area contributed by atoms with Crippen LogP contribution in [0.4, 0.5) is 0 Å². The number of hydrogen-bond acceptors (Lipinski definition) is 8. The first-order valence-corrected chi connectivity index (χ1v) is 19.8. The molecule has 0 heterocycles. The standard InChI is InChI=1S/C42H62N4O4S/c1-27-16-17-42-20-33(27)18-28(2)41(5,25-42)36(50-37(47)24-51-34-14-12-31(22-43)13-15-34)21-40(4,38(48)29(42)3)26-45-23-32-10-8-30(9-11-32)19-35(44)39(49)46(6)7/h8-15,28-29,33,35-36,38,45,48H,1,16-26,43-44H2,2-7H3/t28-,29+,33+,35?,36-,38+,40-,41+,42+/m1/s1. The van der Waals surface area contributed by atoms with Crippen molar-refractivity contribution in [2.45, 2.75) is 109 Å². The number of aliphatic hydroxyl groups excluding tert-OH is 1. The van der Waals surface area contributed by atoms with Crippen molar-refractivity contribution in [2.24, 2.45) is 45.5 Å². The summed E-state index contributed by atoms with van der Waals surface area (Å²) in [5, 5.41) is 16.1. The Hall–Kier alpha value is -2.69. The number of esters is 1. The maximum absolute atomic E-state index is 13.7. The normalized spacial score (nSPS) is 32.6. The van der Waals surface area contributed by atoms with Crippen LogP contribution in [0.5, 0.6) is 0 Å². The number of hydrogen-bond donors (Lipinski definition) is 4. The molecule has 1 unspecified atom stereocenters. The van der Waals surface area contributed by atoms with E-state index in [1.807, 2.05) is 36.4 Å². The lowest BCUT2D eigenvalue weighted by Gasteiger charge is -2.57. The average Bonchev–Trinajstić information content (AvgIpc) is 3.21. The fraction of sp³-hybridized carbons (Fsp3) is 0.619. The average molecular weight is 719 g/mol. The van der Waals surface area contributed by atoms with Gasteiger partial charge in [0, 0.05) is 49.5 Å². The number of aliphatic hydroxyl groups is 1. The van der Waals surface area contributed by atoms with Gasteiger partial charge in [0.05, 0.1) is 17.9 Å². The van der Waals surface area contributed by atoms with E-state index >= 15 is 0 Å². The maximum atomic E-state index is 13.7. The summed E-state index contributed by atoms with van der Waals surface area (Å²) in [5.41, 5.74) is 15.6. The van der Waals surface area contributed by atoms with Crippen LogP contribution in [0.3, 0.4) is 0 Å². The molecule has 3 saturated carbocycles. The molecule has 0 aliphatic heterocycles. The summed E-state index contributed by atoms with van der Waals surface area (Å²) in [6, 6.07) is 15.7. The van der Waals surface area contributed by atoms with E-state index < -0.39 is 17.6 Å². The molecule has 9 heteroatoms. The minimum absolute atomic E-state index is 0.0543. The van der Waals surface area contributed by atoms with Crippen LogP contribution in [-0.2, 0) is 33.8 Å². The first-order chi connectivity index (χ1) is 24.1. The van der Waals surface area contributed by atoms with Crippen LogP contribution in [0.25, 0.3) is 0 Å². The smallest absolute Gasteiger partial charge is 0.316 e. The third-order valence-electron chi connectivity index (χ3n) is 13.1. The minimum atomic E-state index is -0.579. The number of fused-ring (bicyclic) bond motifs is 2. The van der Waals surface area contributed by atoms with Gasteiger partial charge in [-0.1, -0.05) is 76.2 Å². The fourth-order valence-corrected chi connectivity index (χ4v) is 10.2. The van der Waals surface area contributed by atoms with Crippen molar-refractivity contribution in [3.63, 3.8) is 0 Å². The quantitative estimate of drug-likeness (QED) is 0.118. The Kier molecular flexibility index (Phi) is 12.5. The molecule has 5 rings (SSSR count). The lowest BCUT2D eigenvalue weighted by atomic mass is 9.51. The van der Waals surface area contributed by atoms with Gasteiger partial charge in [0.1, 0.15) is 6.10 Å².